The van der Waals surface area contributed by atoms with Gasteiger partial charge in [0.25, 0.3) is 5.91 Å². The van der Waals surface area contributed by atoms with E-state index in [2.05, 4.69) is 15.3 Å². The Morgan fingerprint density at radius 3 is 2.30 bits per heavy atom. The molecule has 1 amide bonds. The van der Waals surface area contributed by atoms with Crippen LogP contribution in [0.15, 0.2) is 43.0 Å². The van der Waals surface area contributed by atoms with Crippen LogP contribution in [0.3, 0.4) is 0 Å². The van der Waals surface area contributed by atoms with Crippen molar-refractivity contribution < 1.29 is 31.1 Å². The molecule has 1 atom stereocenters. The van der Waals surface area contributed by atoms with E-state index in [1.807, 2.05) is 0 Å². The highest BCUT2D eigenvalue weighted by atomic mass is 19.4. The number of alkyl halides is 3. The van der Waals surface area contributed by atoms with Gasteiger partial charge in [0, 0.05) is 30.3 Å². The average molecular weight is 520 g/mol. The summed E-state index contributed by atoms with van der Waals surface area (Å²) in [5, 5.41) is 11.5. The molecule has 13 heteroatoms. The first kappa shape index (κ1) is 24.5. The van der Waals surface area contributed by atoms with Crippen molar-refractivity contribution >= 4 is 5.91 Å². The molecule has 0 unspecified atom stereocenters. The van der Waals surface area contributed by atoms with Crippen LogP contribution < -0.4 is 0 Å². The zero-order valence-corrected chi connectivity index (χ0v) is 19.4. The van der Waals surface area contributed by atoms with E-state index in [0.717, 1.165) is 47.6 Å². The topological polar surface area (TPSA) is 68.8 Å². The standard InChI is InChI=1S/C24H18F6N6O/c1-12-21-15(22(34(2)33-21)14-7-17(25)20(27)18(26)8-14)5-6-36(12)23(37)13-3-4-16(24(28,29)30)19(9-13)35-10-31-32-11-35/h3-4,7-12H,5-6H2,1-2H3/t12-/m0/s1. The number of benzene rings is 2. The van der Waals surface area contributed by atoms with Gasteiger partial charge in [-0.05, 0) is 43.7 Å². The fraction of sp³-hybridized carbons (Fsp3) is 0.250. The SMILES string of the molecule is C[C@H]1c2nn(C)c(-c3cc(F)c(F)c(F)c3)c2CCN1C(=O)c1ccc(C(F)(F)F)c(-n2cnnc2)c1. The molecular weight excluding hydrogens is 502 g/mol. The van der Waals surface area contributed by atoms with E-state index in [1.165, 1.54) is 9.58 Å². The third-order valence-corrected chi connectivity index (χ3v) is 6.41. The minimum Gasteiger partial charge on any atom is -0.330 e. The van der Waals surface area contributed by atoms with Gasteiger partial charge in [0.2, 0.25) is 0 Å². The number of rotatable bonds is 3. The van der Waals surface area contributed by atoms with Crippen LogP contribution in [0, 0.1) is 17.5 Å². The van der Waals surface area contributed by atoms with Gasteiger partial charge in [0.05, 0.1) is 28.7 Å². The second-order valence-electron chi connectivity index (χ2n) is 8.61. The third kappa shape index (κ3) is 4.13. The summed E-state index contributed by atoms with van der Waals surface area (Å²) in [5.74, 6) is -4.77. The maximum atomic E-state index is 13.9. The molecule has 0 spiro atoms. The van der Waals surface area contributed by atoms with E-state index >= 15 is 0 Å². The van der Waals surface area contributed by atoms with E-state index in [4.69, 9.17) is 0 Å². The van der Waals surface area contributed by atoms with E-state index in [0.29, 0.717) is 17.0 Å². The molecule has 37 heavy (non-hydrogen) atoms. The highest BCUT2D eigenvalue weighted by molar-refractivity contribution is 5.95. The summed E-state index contributed by atoms with van der Waals surface area (Å²) in [6.45, 7) is 1.87. The van der Waals surface area contributed by atoms with E-state index in [9.17, 15) is 31.1 Å². The number of halogens is 6. The quantitative estimate of drug-likeness (QED) is 0.286. The van der Waals surface area contributed by atoms with Gasteiger partial charge >= 0.3 is 6.18 Å². The summed E-state index contributed by atoms with van der Waals surface area (Å²) in [4.78, 5) is 14.9. The van der Waals surface area contributed by atoms with Crippen molar-refractivity contribution in [3.8, 4) is 16.9 Å². The number of hydrogen-bond acceptors (Lipinski definition) is 4. The summed E-state index contributed by atoms with van der Waals surface area (Å²) >= 11 is 0. The van der Waals surface area contributed by atoms with Crippen LogP contribution in [0.2, 0.25) is 0 Å². The lowest BCUT2D eigenvalue weighted by Gasteiger charge is -2.33. The zero-order valence-electron chi connectivity index (χ0n) is 19.4. The minimum atomic E-state index is -4.67. The molecule has 0 fully saturated rings. The Labute approximate surface area is 206 Å². The van der Waals surface area contributed by atoms with Crippen LogP contribution in [0.4, 0.5) is 26.3 Å². The number of carbonyl (C=O) groups excluding carboxylic acids is 1. The van der Waals surface area contributed by atoms with Crippen LogP contribution >= 0.6 is 0 Å². The molecule has 7 nitrogen and oxygen atoms in total. The molecule has 2 aromatic carbocycles. The normalized spacial score (nSPS) is 15.7. The highest BCUT2D eigenvalue weighted by Gasteiger charge is 2.37. The molecule has 0 N–H and O–H groups in total. The van der Waals surface area contributed by atoms with Gasteiger partial charge in [-0.1, -0.05) is 0 Å². The summed E-state index contributed by atoms with van der Waals surface area (Å²) in [5.41, 5.74) is 0.360. The lowest BCUT2D eigenvalue weighted by molar-refractivity contribution is -0.137. The van der Waals surface area contributed by atoms with E-state index < -0.39 is 41.1 Å². The van der Waals surface area contributed by atoms with Gasteiger partial charge in [0.1, 0.15) is 12.7 Å². The summed E-state index contributed by atoms with van der Waals surface area (Å²) < 4.78 is 84.5. The Morgan fingerprint density at radius 1 is 1.03 bits per heavy atom. The van der Waals surface area contributed by atoms with Crippen molar-refractivity contribution in [1.82, 2.24) is 29.4 Å². The molecule has 0 bridgehead atoms. The fourth-order valence-corrected chi connectivity index (χ4v) is 4.68. The first-order chi connectivity index (χ1) is 17.5. The van der Waals surface area contributed by atoms with Crippen LogP contribution in [0.1, 0.15) is 40.1 Å². The van der Waals surface area contributed by atoms with Gasteiger partial charge in [-0.25, -0.2) is 13.2 Å². The second kappa shape index (κ2) is 8.75. The molecule has 5 rings (SSSR count). The molecule has 3 heterocycles. The number of amides is 1. The summed E-state index contributed by atoms with van der Waals surface area (Å²) in [7, 11) is 1.56. The molecule has 4 aromatic rings. The number of hydrogen-bond donors (Lipinski definition) is 0. The predicted octanol–water partition coefficient (Wildman–Crippen LogP) is 4.86. The number of carbonyl (C=O) groups is 1. The maximum Gasteiger partial charge on any atom is 0.418 e. The molecule has 0 aliphatic carbocycles. The molecule has 2 aromatic heterocycles. The fourth-order valence-electron chi connectivity index (χ4n) is 4.68. The first-order valence-corrected chi connectivity index (χ1v) is 11.0. The molecular formula is C24H18F6N6O. The summed E-state index contributed by atoms with van der Waals surface area (Å²) in [6.07, 6.45) is -2.21. The number of nitrogens with zero attached hydrogens (tertiary/aromatic N) is 6. The Hall–Kier alpha value is -4.16. The van der Waals surface area contributed by atoms with Crippen molar-refractivity contribution in [1.29, 1.82) is 0 Å². The number of fused-ring (bicyclic) bond motifs is 1. The Balaban J connectivity index is 1.51. The van der Waals surface area contributed by atoms with Gasteiger partial charge in [-0.3, -0.25) is 14.0 Å². The van der Waals surface area contributed by atoms with Gasteiger partial charge < -0.3 is 4.90 Å². The lowest BCUT2D eigenvalue weighted by Crippen LogP contribution is -2.39. The van der Waals surface area contributed by atoms with Gasteiger partial charge in [-0.15, -0.1) is 10.2 Å². The highest BCUT2D eigenvalue weighted by Crippen LogP contribution is 2.38. The maximum absolute atomic E-state index is 13.9. The molecule has 192 valence electrons. The van der Waals surface area contributed by atoms with E-state index in [-0.39, 0.29) is 29.8 Å². The second-order valence-corrected chi connectivity index (χ2v) is 8.61. The Kier molecular flexibility index (Phi) is 5.80. The minimum absolute atomic E-state index is 0.0193. The monoisotopic (exact) mass is 520 g/mol. The Morgan fingerprint density at radius 2 is 1.68 bits per heavy atom. The van der Waals surface area contributed by atoms with Crippen LogP contribution in [-0.4, -0.2) is 41.9 Å². The first-order valence-electron chi connectivity index (χ1n) is 11.0. The van der Waals surface area contributed by atoms with Crippen molar-refractivity contribution in [2.24, 2.45) is 7.05 Å². The molecule has 0 radical (unpaired) electrons. The molecule has 1 aliphatic heterocycles. The molecule has 0 saturated heterocycles. The van der Waals surface area contributed by atoms with E-state index in [1.54, 1.807) is 14.0 Å². The predicted molar refractivity (Wildman–Crippen MR) is 118 cm³/mol. The average Bonchev–Trinajstić information content (AvgIpc) is 3.49. The number of aryl methyl sites for hydroxylation is 1. The Bertz CT molecular complexity index is 1490. The lowest BCUT2D eigenvalue weighted by atomic mass is 9.94. The van der Waals surface area contributed by atoms with Crippen molar-refractivity contribution in [2.75, 3.05) is 6.54 Å². The van der Waals surface area contributed by atoms with Crippen molar-refractivity contribution in [3.05, 3.63) is 82.8 Å². The smallest absolute Gasteiger partial charge is 0.330 e. The number of aromatic nitrogens is 5. The third-order valence-electron chi connectivity index (χ3n) is 6.41. The van der Waals surface area contributed by atoms with Crippen molar-refractivity contribution in [3.63, 3.8) is 0 Å². The van der Waals surface area contributed by atoms with Crippen molar-refractivity contribution in [2.45, 2.75) is 25.6 Å². The molecule has 0 saturated carbocycles. The van der Waals surface area contributed by atoms with Crippen LogP contribution in [-0.2, 0) is 19.6 Å². The largest absolute Gasteiger partial charge is 0.418 e. The van der Waals surface area contributed by atoms with Gasteiger partial charge in [0.15, 0.2) is 17.5 Å². The van der Waals surface area contributed by atoms with Gasteiger partial charge in [-0.2, -0.15) is 18.3 Å². The zero-order chi connectivity index (χ0) is 26.6. The summed E-state index contributed by atoms with van der Waals surface area (Å²) in [6, 6.07) is 4.23. The van der Waals surface area contributed by atoms with Crippen LogP contribution in [0.5, 0.6) is 0 Å². The molecule has 1 aliphatic rings. The van der Waals surface area contributed by atoms with Crippen LogP contribution in [0.25, 0.3) is 16.9 Å².